The third kappa shape index (κ3) is 2.51. The molecule has 1 aromatic carbocycles. The summed E-state index contributed by atoms with van der Waals surface area (Å²) in [5, 5.41) is 0.324. The van der Waals surface area contributed by atoms with Gasteiger partial charge in [0.05, 0.1) is 5.02 Å². The molecule has 0 atom stereocenters. The van der Waals surface area contributed by atoms with E-state index in [0.717, 1.165) is 17.8 Å². The van der Waals surface area contributed by atoms with Crippen LogP contribution in [0.25, 0.3) is 0 Å². The molecule has 0 aliphatic heterocycles. The number of halogens is 3. The van der Waals surface area contributed by atoms with Crippen molar-refractivity contribution in [1.82, 2.24) is 4.98 Å². The van der Waals surface area contributed by atoms with Crippen molar-refractivity contribution in [2.75, 3.05) is 0 Å². The second-order valence-corrected chi connectivity index (χ2v) is 4.44. The van der Waals surface area contributed by atoms with E-state index >= 15 is 0 Å². The third-order valence-electron chi connectivity index (χ3n) is 1.82. The molecule has 1 heterocycles. The van der Waals surface area contributed by atoms with Crippen LogP contribution in [0.4, 0.5) is 8.78 Å². The van der Waals surface area contributed by atoms with Crippen LogP contribution in [0.5, 0.6) is 0 Å². The summed E-state index contributed by atoms with van der Waals surface area (Å²) in [4.78, 5) is 4.13. The Morgan fingerprint density at radius 1 is 1.12 bits per heavy atom. The molecule has 1 nitrogen and oxygen atoms in total. The molecule has 2 aromatic rings. The summed E-state index contributed by atoms with van der Waals surface area (Å²) in [5.74, 6) is -0.954. The minimum absolute atomic E-state index is 0.106. The molecule has 1 aromatic heterocycles. The van der Waals surface area contributed by atoms with Crippen LogP contribution in [0.15, 0.2) is 46.5 Å². The molecule has 5 heteroatoms. The Labute approximate surface area is 100 Å². The first-order valence-electron chi connectivity index (χ1n) is 4.40. The summed E-state index contributed by atoms with van der Waals surface area (Å²) in [5.41, 5.74) is 0. The van der Waals surface area contributed by atoms with E-state index in [1.165, 1.54) is 12.3 Å². The van der Waals surface area contributed by atoms with Crippen molar-refractivity contribution in [2.24, 2.45) is 0 Å². The number of aromatic nitrogens is 1. The van der Waals surface area contributed by atoms with Gasteiger partial charge in [0.2, 0.25) is 0 Å². The van der Waals surface area contributed by atoms with Crippen molar-refractivity contribution < 1.29 is 8.78 Å². The van der Waals surface area contributed by atoms with Gasteiger partial charge in [0, 0.05) is 11.1 Å². The molecule has 0 N–H and O–H groups in total. The highest BCUT2D eigenvalue weighted by atomic mass is 35.5. The normalized spacial score (nSPS) is 10.4. The largest absolute Gasteiger partial charge is 0.245 e. The van der Waals surface area contributed by atoms with Gasteiger partial charge in [0.1, 0.15) is 10.8 Å². The van der Waals surface area contributed by atoms with Crippen LogP contribution in [-0.2, 0) is 0 Å². The predicted molar refractivity (Wildman–Crippen MR) is 59.7 cm³/mol. The highest BCUT2D eigenvalue weighted by Gasteiger charge is 2.09. The Morgan fingerprint density at radius 2 is 1.88 bits per heavy atom. The van der Waals surface area contributed by atoms with Gasteiger partial charge in [0.15, 0.2) is 5.82 Å². The fourth-order valence-electron chi connectivity index (χ4n) is 1.11. The molecule has 2 rings (SSSR count). The highest BCUT2D eigenvalue weighted by molar-refractivity contribution is 7.99. The SMILES string of the molecule is Fc1ccccc1Sc1ncc(Cl)cc1F. The molecule has 0 aliphatic rings. The predicted octanol–water partition coefficient (Wildman–Crippen LogP) is 4.16. The molecule has 0 bridgehead atoms. The topological polar surface area (TPSA) is 12.9 Å². The van der Waals surface area contributed by atoms with Gasteiger partial charge < -0.3 is 0 Å². The van der Waals surface area contributed by atoms with Crippen LogP contribution in [-0.4, -0.2) is 4.98 Å². The molecule has 16 heavy (non-hydrogen) atoms. The van der Waals surface area contributed by atoms with E-state index in [2.05, 4.69) is 4.98 Å². The van der Waals surface area contributed by atoms with Crippen LogP contribution in [0.2, 0.25) is 5.02 Å². The van der Waals surface area contributed by atoms with E-state index in [0.29, 0.717) is 4.90 Å². The minimum Gasteiger partial charge on any atom is -0.245 e. The second-order valence-electron chi connectivity index (χ2n) is 2.97. The molecule has 0 amide bonds. The van der Waals surface area contributed by atoms with E-state index in [1.54, 1.807) is 18.2 Å². The number of nitrogens with zero attached hydrogens (tertiary/aromatic N) is 1. The summed E-state index contributed by atoms with van der Waals surface area (Å²) < 4.78 is 26.7. The van der Waals surface area contributed by atoms with Crippen molar-refractivity contribution in [1.29, 1.82) is 0 Å². The highest BCUT2D eigenvalue weighted by Crippen LogP contribution is 2.30. The fourth-order valence-corrected chi connectivity index (χ4v) is 2.04. The Balaban J connectivity index is 2.31. The van der Waals surface area contributed by atoms with Gasteiger partial charge in [-0.3, -0.25) is 0 Å². The average molecular weight is 258 g/mol. The summed E-state index contributed by atoms with van der Waals surface area (Å²) in [6.07, 6.45) is 1.33. The van der Waals surface area contributed by atoms with Crippen molar-refractivity contribution in [3.05, 3.63) is 53.2 Å². The first kappa shape index (κ1) is 11.4. The molecule has 0 fully saturated rings. The Kier molecular flexibility index (Phi) is 3.41. The molecule has 0 radical (unpaired) electrons. The van der Waals surface area contributed by atoms with Gasteiger partial charge in [-0.2, -0.15) is 0 Å². The Hall–Kier alpha value is -1.13. The van der Waals surface area contributed by atoms with Crippen molar-refractivity contribution in [3.8, 4) is 0 Å². The summed E-state index contributed by atoms with van der Waals surface area (Å²) in [6, 6.07) is 7.29. The molecular formula is C11H6ClF2NS. The van der Waals surface area contributed by atoms with E-state index in [1.807, 2.05) is 0 Å². The lowest BCUT2D eigenvalue weighted by molar-refractivity contribution is 0.585. The van der Waals surface area contributed by atoms with Crippen LogP contribution in [0.1, 0.15) is 0 Å². The first-order valence-corrected chi connectivity index (χ1v) is 5.59. The lowest BCUT2D eigenvalue weighted by Crippen LogP contribution is -1.87. The minimum atomic E-state index is -0.555. The van der Waals surface area contributed by atoms with E-state index in [-0.39, 0.29) is 10.0 Å². The summed E-state index contributed by atoms with van der Waals surface area (Å²) in [7, 11) is 0. The standard InChI is InChI=1S/C11H6ClF2NS/c12-7-5-9(14)11(15-6-7)16-10-4-2-1-3-8(10)13/h1-6H. The van der Waals surface area contributed by atoms with E-state index in [4.69, 9.17) is 11.6 Å². The number of hydrogen-bond donors (Lipinski definition) is 0. The monoisotopic (exact) mass is 257 g/mol. The Morgan fingerprint density at radius 3 is 2.56 bits per heavy atom. The fraction of sp³-hybridized carbons (Fsp3) is 0. The van der Waals surface area contributed by atoms with Gasteiger partial charge in [-0.05, 0) is 18.2 Å². The van der Waals surface area contributed by atoms with Crippen LogP contribution < -0.4 is 0 Å². The molecule has 0 saturated carbocycles. The number of rotatable bonds is 2. The van der Waals surface area contributed by atoms with Crippen LogP contribution in [0, 0.1) is 11.6 Å². The molecule has 0 aliphatic carbocycles. The number of hydrogen-bond acceptors (Lipinski definition) is 2. The molecule has 0 spiro atoms. The lowest BCUT2D eigenvalue weighted by Gasteiger charge is -2.03. The van der Waals surface area contributed by atoms with Gasteiger partial charge in [-0.15, -0.1) is 0 Å². The third-order valence-corrected chi connectivity index (χ3v) is 3.07. The Bertz CT molecular complexity index is 519. The zero-order chi connectivity index (χ0) is 11.5. The van der Waals surface area contributed by atoms with Gasteiger partial charge >= 0.3 is 0 Å². The number of pyridine rings is 1. The van der Waals surface area contributed by atoms with Gasteiger partial charge in [-0.25, -0.2) is 13.8 Å². The zero-order valence-electron chi connectivity index (χ0n) is 7.95. The van der Waals surface area contributed by atoms with Gasteiger partial charge in [0.25, 0.3) is 0 Å². The zero-order valence-corrected chi connectivity index (χ0v) is 9.53. The van der Waals surface area contributed by atoms with Crippen LogP contribution in [0.3, 0.4) is 0 Å². The average Bonchev–Trinajstić information content (AvgIpc) is 2.25. The first-order chi connectivity index (χ1) is 7.66. The van der Waals surface area contributed by atoms with Gasteiger partial charge in [-0.1, -0.05) is 35.5 Å². The van der Waals surface area contributed by atoms with E-state index in [9.17, 15) is 8.78 Å². The summed E-state index contributed by atoms with van der Waals surface area (Å²) >= 11 is 6.50. The lowest BCUT2D eigenvalue weighted by atomic mass is 10.3. The molecule has 82 valence electrons. The maximum atomic E-state index is 13.4. The smallest absolute Gasteiger partial charge is 0.157 e. The van der Waals surface area contributed by atoms with Crippen LogP contribution >= 0.6 is 23.4 Å². The maximum absolute atomic E-state index is 13.4. The molecule has 0 unspecified atom stereocenters. The molecule has 0 saturated heterocycles. The van der Waals surface area contributed by atoms with E-state index < -0.39 is 11.6 Å². The summed E-state index contributed by atoms with van der Waals surface area (Å²) in [6.45, 7) is 0. The van der Waals surface area contributed by atoms with Crippen molar-refractivity contribution in [2.45, 2.75) is 9.92 Å². The maximum Gasteiger partial charge on any atom is 0.157 e. The van der Waals surface area contributed by atoms with Crippen molar-refractivity contribution in [3.63, 3.8) is 0 Å². The van der Waals surface area contributed by atoms with Crippen molar-refractivity contribution >= 4 is 23.4 Å². The number of benzene rings is 1. The quantitative estimate of drug-likeness (QED) is 0.801. The molecular weight excluding hydrogens is 252 g/mol. The second kappa shape index (κ2) is 4.80.